The smallest absolute Gasteiger partial charge is 0.124 e. The van der Waals surface area contributed by atoms with Crippen molar-refractivity contribution < 1.29 is 9.47 Å². The lowest BCUT2D eigenvalue weighted by molar-refractivity contribution is 0.265. The van der Waals surface area contributed by atoms with Gasteiger partial charge in [-0.3, -0.25) is 0 Å². The van der Waals surface area contributed by atoms with Crippen LogP contribution in [0.5, 0.6) is 11.5 Å². The number of anilines is 2. The highest BCUT2D eigenvalue weighted by molar-refractivity contribution is 5.63. The Balaban J connectivity index is 1.80. The van der Waals surface area contributed by atoms with Crippen molar-refractivity contribution in [2.75, 3.05) is 19.0 Å². The monoisotopic (exact) mass is 283 g/mol. The highest BCUT2D eigenvalue weighted by Crippen LogP contribution is 2.37. The number of nitrogens with one attached hydrogen (secondary N) is 1. The molecule has 0 aliphatic carbocycles. The normalized spacial score (nSPS) is 16.8. The molecule has 1 atom stereocenters. The summed E-state index contributed by atoms with van der Waals surface area (Å²) in [5.41, 5.74) is 3.43. The van der Waals surface area contributed by atoms with Gasteiger partial charge in [-0.05, 0) is 54.7 Å². The predicted octanol–water partition coefficient (Wildman–Crippen LogP) is 4.71. The molecule has 2 aromatic carbocycles. The Morgan fingerprint density at radius 1 is 1.14 bits per heavy atom. The van der Waals surface area contributed by atoms with Crippen molar-refractivity contribution in [3.05, 3.63) is 48.0 Å². The van der Waals surface area contributed by atoms with E-state index in [-0.39, 0.29) is 0 Å². The van der Waals surface area contributed by atoms with Crippen molar-refractivity contribution in [1.29, 1.82) is 0 Å². The predicted molar refractivity (Wildman–Crippen MR) is 85.9 cm³/mol. The maximum absolute atomic E-state index is 5.81. The lowest BCUT2D eigenvalue weighted by Crippen LogP contribution is -2.13. The maximum Gasteiger partial charge on any atom is 0.124 e. The van der Waals surface area contributed by atoms with Crippen LogP contribution in [0.2, 0.25) is 0 Å². The van der Waals surface area contributed by atoms with E-state index in [4.69, 9.17) is 9.47 Å². The van der Waals surface area contributed by atoms with E-state index >= 15 is 0 Å². The van der Waals surface area contributed by atoms with E-state index in [2.05, 4.69) is 30.4 Å². The summed E-state index contributed by atoms with van der Waals surface area (Å²) >= 11 is 0. The molecule has 1 aliphatic heterocycles. The molecular formula is C18H21NO2. The van der Waals surface area contributed by atoms with Gasteiger partial charge in [0, 0.05) is 17.4 Å². The van der Waals surface area contributed by atoms with Crippen LogP contribution < -0.4 is 14.8 Å². The Kier molecular flexibility index (Phi) is 4.00. The molecule has 3 heteroatoms. The van der Waals surface area contributed by atoms with Crippen LogP contribution in [-0.4, -0.2) is 13.7 Å². The molecule has 1 heterocycles. The molecule has 21 heavy (non-hydrogen) atoms. The van der Waals surface area contributed by atoms with Gasteiger partial charge in [0.2, 0.25) is 0 Å². The summed E-state index contributed by atoms with van der Waals surface area (Å²) in [6, 6.07) is 14.3. The second kappa shape index (κ2) is 6.08. The Morgan fingerprint density at radius 3 is 2.62 bits per heavy atom. The molecule has 0 bridgehead atoms. The number of hydrogen-bond donors (Lipinski definition) is 1. The van der Waals surface area contributed by atoms with E-state index in [1.807, 2.05) is 24.3 Å². The summed E-state index contributed by atoms with van der Waals surface area (Å²) < 4.78 is 11.0. The van der Waals surface area contributed by atoms with Gasteiger partial charge >= 0.3 is 0 Å². The summed E-state index contributed by atoms with van der Waals surface area (Å²) in [7, 11) is 1.67. The van der Waals surface area contributed by atoms with Crippen molar-refractivity contribution in [2.24, 2.45) is 0 Å². The van der Waals surface area contributed by atoms with Crippen LogP contribution in [0.3, 0.4) is 0 Å². The Labute approximate surface area is 125 Å². The van der Waals surface area contributed by atoms with Crippen molar-refractivity contribution in [1.82, 2.24) is 0 Å². The summed E-state index contributed by atoms with van der Waals surface area (Å²) in [5, 5.41) is 3.40. The van der Waals surface area contributed by atoms with Gasteiger partial charge in [-0.1, -0.05) is 13.0 Å². The van der Waals surface area contributed by atoms with Crippen LogP contribution in [0.25, 0.3) is 0 Å². The molecule has 1 aliphatic rings. The summed E-state index contributed by atoms with van der Waals surface area (Å²) in [4.78, 5) is 0. The Bertz CT molecular complexity index is 607. The molecule has 3 nitrogen and oxygen atoms in total. The minimum atomic E-state index is 0.629. The van der Waals surface area contributed by atoms with E-state index in [1.54, 1.807) is 7.11 Å². The number of rotatable bonds is 4. The molecule has 0 radical (unpaired) electrons. The van der Waals surface area contributed by atoms with Gasteiger partial charge < -0.3 is 14.8 Å². The molecule has 1 unspecified atom stereocenters. The van der Waals surface area contributed by atoms with Gasteiger partial charge in [0.05, 0.1) is 13.7 Å². The highest BCUT2D eigenvalue weighted by atomic mass is 16.5. The van der Waals surface area contributed by atoms with Gasteiger partial charge in [-0.15, -0.1) is 0 Å². The molecule has 2 aromatic rings. The summed E-state index contributed by atoms with van der Waals surface area (Å²) in [6.45, 7) is 3.06. The van der Waals surface area contributed by atoms with E-state index < -0.39 is 0 Å². The van der Waals surface area contributed by atoms with Crippen molar-refractivity contribution >= 4 is 11.4 Å². The zero-order chi connectivity index (χ0) is 14.7. The summed E-state index contributed by atoms with van der Waals surface area (Å²) in [6.07, 6.45) is 2.29. The molecule has 0 spiro atoms. The van der Waals surface area contributed by atoms with Crippen molar-refractivity contribution in [2.45, 2.75) is 25.7 Å². The lowest BCUT2D eigenvalue weighted by Gasteiger charge is -2.25. The fourth-order valence-electron chi connectivity index (χ4n) is 2.81. The van der Waals surface area contributed by atoms with Crippen LogP contribution >= 0.6 is 0 Å². The van der Waals surface area contributed by atoms with Crippen LogP contribution in [0, 0.1) is 0 Å². The van der Waals surface area contributed by atoms with Crippen molar-refractivity contribution in [3.63, 3.8) is 0 Å². The van der Waals surface area contributed by atoms with Gasteiger partial charge in [0.25, 0.3) is 0 Å². The lowest BCUT2D eigenvalue weighted by atomic mass is 9.91. The molecular weight excluding hydrogens is 262 g/mol. The largest absolute Gasteiger partial charge is 0.497 e. The molecule has 110 valence electrons. The molecule has 0 saturated carbocycles. The number of benzene rings is 2. The second-order valence-electron chi connectivity index (χ2n) is 5.35. The average molecular weight is 283 g/mol. The molecule has 1 N–H and O–H groups in total. The van der Waals surface area contributed by atoms with Gasteiger partial charge in [-0.25, -0.2) is 0 Å². The maximum atomic E-state index is 5.81. The van der Waals surface area contributed by atoms with Gasteiger partial charge in [0.15, 0.2) is 0 Å². The van der Waals surface area contributed by atoms with Crippen molar-refractivity contribution in [3.8, 4) is 11.5 Å². The Morgan fingerprint density at radius 2 is 1.90 bits per heavy atom. The van der Waals surface area contributed by atoms with E-state index in [0.29, 0.717) is 5.92 Å². The standard InChI is InChI=1S/C18H21NO2/c1-3-13-10-11-21-18-12-15(6-9-17(13)18)19-14-4-7-16(20-2)8-5-14/h4-9,12-13,19H,3,10-11H2,1-2H3. The fraction of sp³-hybridized carbons (Fsp3) is 0.333. The number of methoxy groups -OCH3 is 1. The zero-order valence-electron chi connectivity index (χ0n) is 12.6. The molecule has 0 amide bonds. The Hall–Kier alpha value is -2.16. The third-order valence-corrected chi connectivity index (χ3v) is 4.05. The minimum Gasteiger partial charge on any atom is -0.497 e. The third-order valence-electron chi connectivity index (χ3n) is 4.05. The van der Waals surface area contributed by atoms with Crippen LogP contribution in [0.15, 0.2) is 42.5 Å². The third kappa shape index (κ3) is 2.97. The number of fused-ring (bicyclic) bond motifs is 1. The molecule has 0 saturated heterocycles. The fourth-order valence-corrected chi connectivity index (χ4v) is 2.81. The van der Waals surface area contributed by atoms with E-state index in [0.717, 1.165) is 35.9 Å². The first-order valence-electron chi connectivity index (χ1n) is 7.48. The number of hydrogen-bond acceptors (Lipinski definition) is 3. The second-order valence-corrected chi connectivity index (χ2v) is 5.35. The molecule has 3 rings (SSSR count). The van der Waals surface area contributed by atoms with Crippen LogP contribution in [0.4, 0.5) is 11.4 Å². The first-order chi connectivity index (χ1) is 10.3. The first-order valence-corrected chi connectivity index (χ1v) is 7.48. The quantitative estimate of drug-likeness (QED) is 0.881. The SMILES string of the molecule is CCC1CCOc2cc(Nc3ccc(OC)cc3)ccc21. The highest BCUT2D eigenvalue weighted by Gasteiger charge is 2.19. The zero-order valence-corrected chi connectivity index (χ0v) is 12.6. The van der Waals surface area contributed by atoms with E-state index in [1.165, 1.54) is 12.0 Å². The van der Waals surface area contributed by atoms with Crippen LogP contribution in [0.1, 0.15) is 31.2 Å². The first kappa shape index (κ1) is 13.8. The minimum absolute atomic E-state index is 0.629. The number of ether oxygens (including phenoxy) is 2. The van der Waals surface area contributed by atoms with Gasteiger partial charge in [0.1, 0.15) is 11.5 Å². The topological polar surface area (TPSA) is 30.5 Å². The molecule has 0 aromatic heterocycles. The molecule has 0 fully saturated rings. The average Bonchev–Trinajstić information content (AvgIpc) is 2.54. The van der Waals surface area contributed by atoms with Gasteiger partial charge in [-0.2, -0.15) is 0 Å². The van der Waals surface area contributed by atoms with Crippen LogP contribution in [-0.2, 0) is 0 Å². The summed E-state index contributed by atoms with van der Waals surface area (Å²) in [5.74, 6) is 2.51. The van der Waals surface area contributed by atoms with E-state index in [9.17, 15) is 0 Å².